The van der Waals surface area contributed by atoms with Crippen molar-refractivity contribution in [3.63, 3.8) is 0 Å². The topological polar surface area (TPSA) is 98.3 Å². The molecule has 9 heteroatoms. The molecule has 1 fully saturated rings. The number of carboxylic acid groups (broad SMARTS) is 1. The predicted octanol–water partition coefficient (Wildman–Crippen LogP) is 3.97. The third-order valence-electron chi connectivity index (χ3n) is 5.24. The molecule has 4 rings (SSSR count). The summed E-state index contributed by atoms with van der Waals surface area (Å²) in [6.07, 6.45) is 0.793. The molecule has 1 atom stereocenters. The van der Waals surface area contributed by atoms with Gasteiger partial charge < -0.3 is 20.3 Å². The van der Waals surface area contributed by atoms with Crippen LogP contribution < -0.4 is 5.32 Å². The van der Waals surface area contributed by atoms with Crippen molar-refractivity contribution in [1.82, 2.24) is 20.2 Å². The van der Waals surface area contributed by atoms with E-state index in [0.29, 0.717) is 19.5 Å². The lowest BCUT2D eigenvalue weighted by atomic mass is 9.95. The lowest BCUT2D eigenvalue weighted by Crippen LogP contribution is -2.51. The van der Waals surface area contributed by atoms with Gasteiger partial charge in [0, 0.05) is 34.8 Å². The number of nitrogens with one attached hydrogen (secondary N) is 2. The molecule has 29 heavy (non-hydrogen) atoms. The van der Waals surface area contributed by atoms with Gasteiger partial charge in [0.1, 0.15) is 11.9 Å². The molecule has 1 aromatic carbocycles. The molecule has 0 spiro atoms. The number of imidazole rings is 1. The van der Waals surface area contributed by atoms with E-state index in [1.54, 1.807) is 4.90 Å². The number of hydrogen-bond acceptors (Lipinski definition) is 4. The third-order valence-corrected chi connectivity index (χ3v) is 6.63. The highest BCUT2D eigenvalue weighted by Crippen LogP contribution is 2.29. The van der Waals surface area contributed by atoms with Crippen LogP contribution in [0.25, 0.3) is 11.0 Å². The number of hydrogen-bond donors (Lipinski definition) is 3. The van der Waals surface area contributed by atoms with Gasteiger partial charge in [0.2, 0.25) is 5.91 Å². The average Bonchev–Trinajstić information content (AvgIpc) is 3.36. The summed E-state index contributed by atoms with van der Waals surface area (Å²) < 4.78 is 0.992. The predicted molar refractivity (Wildman–Crippen MR) is 115 cm³/mol. The summed E-state index contributed by atoms with van der Waals surface area (Å²) in [6, 6.07) is 9.03. The molecule has 0 radical (unpaired) electrons. The highest BCUT2D eigenvalue weighted by atomic mass is 79.9. The Bertz CT molecular complexity index is 1010. The van der Waals surface area contributed by atoms with Crippen LogP contribution in [-0.4, -0.2) is 51.1 Å². The molecule has 2 amide bonds. The minimum absolute atomic E-state index is 0.159. The molecule has 152 valence electrons. The molecular weight excluding hydrogens is 456 g/mol. The van der Waals surface area contributed by atoms with Crippen LogP contribution in [0.4, 0.5) is 4.79 Å². The van der Waals surface area contributed by atoms with Crippen LogP contribution in [0.3, 0.4) is 0 Å². The SMILES string of the molecule is O=C(O)NC(Cc1cccs1)C(=O)N1CCC(c2nc3cc(Br)ccc3[nH]2)CC1. The molecule has 1 aliphatic heterocycles. The maximum atomic E-state index is 13.0. The number of aromatic amines is 1. The first-order valence-electron chi connectivity index (χ1n) is 9.45. The van der Waals surface area contributed by atoms with Gasteiger partial charge in [0.05, 0.1) is 11.0 Å². The van der Waals surface area contributed by atoms with Crippen molar-refractivity contribution in [2.24, 2.45) is 0 Å². The number of nitrogens with zero attached hydrogens (tertiary/aromatic N) is 2. The highest BCUT2D eigenvalue weighted by molar-refractivity contribution is 9.10. The largest absolute Gasteiger partial charge is 0.465 e. The van der Waals surface area contributed by atoms with Gasteiger partial charge in [0.15, 0.2) is 0 Å². The molecule has 0 bridgehead atoms. The molecule has 3 aromatic rings. The van der Waals surface area contributed by atoms with E-state index in [0.717, 1.165) is 39.0 Å². The fourth-order valence-electron chi connectivity index (χ4n) is 3.76. The van der Waals surface area contributed by atoms with Crippen molar-refractivity contribution in [3.8, 4) is 0 Å². The number of benzene rings is 1. The number of carbonyl (C=O) groups excluding carboxylic acids is 1. The molecule has 3 N–H and O–H groups in total. The van der Waals surface area contributed by atoms with Gasteiger partial charge >= 0.3 is 6.09 Å². The number of rotatable bonds is 5. The molecular formula is C20H21BrN4O3S. The number of halogens is 1. The van der Waals surface area contributed by atoms with E-state index in [4.69, 9.17) is 10.1 Å². The molecule has 3 heterocycles. The Morgan fingerprint density at radius 1 is 1.34 bits per heavy atom. The zero-order chi connectivity index (χ0) is 20.4. The maximum absolute atomic E-state index is 13.0. The number of piperidine rings is 1. The van der Waals surface area contributed by atoms with Gasteiger partial charge in [0.25, 0.3) is 0 Å². The van der Waals surface area contributed by atoms with Crippen LogP contribution in [0.5, 0.6) is 0 Å². The Hall–Kier alpha value is -2.39. The van der Waals surface area contributed by atoms with Crippen molar-refractivity contribution in [3.05, 3.63) is 50.9 Å². The number of carbonyl (C=O) groups is 2. The average molecular weight is 477 g/mol. The Labute approximate surface area is 180 Å². The van der Waals surface area contributed by atoms with E-state index in [-0.39, 0.29) is 11.8 Å². The van der Waals surface area contributed by atoms with Crippen molar-refractivity contribution in [2.45, 2.75) is 31.2 Å². The molecule has 1 unspecified atom stereocenters. The number of H-pyrrole nitrogens is 1. The van der Waals surface area contributed by atoms with Gasteiger partial charge in [-0.15, -0.1) is 11.3 Å². The Balaban J connectivity index is 1.41. The number of likely N-dealkylation sites (tertiary alicyclic amines) is 1. The number of thiophene rings is 1. The van der Waals surface area contributed by atoms with Crippen LogP contribution in [0.15, 0.2) is 40.2 Å². The number of aromatic nitrogens is 2. The second kappa shape index (κ2) is 8.54. The molecule has 0 saturated carbocycles. The van der Waals surface area contributed by atoms with Crippen molar-refractivity contribution < 1.29 is 14.7 Å². The third kappa shape index (κ3) is 4.62. The summed E-state index contributed by atoms with van der Waals surface area (Å²) in [5.74, 6) is 1.05. The number of fused-ring (bicyclic) bond motifs is 1. The zero-order valence-electron chi connectivity index (χ0n) is 15.6. The second-order valence-electron chi connectivity index (χ2n) is 7.17. The molecule has 1 saturated heterocycles. The van der Waals surface area contributed by atoms with E-state index in [1.807, 2.05) is 35.7 Å². The standard InChI is InChI=1S/C20H21BrN4O3S/c21-13-3-4-15-16(10-13)23-18(22-15)12-5-7-25(8-6-12)19(26)17(24-20(27)28)11-14-2-1-9-29-14/h1-4,9-10,12,17,24H,5-8,11H2,(H,22,23)(H,27,28). The summed E-state index contributed by atoms with van der Waals surface area (Å²) in [7, 11) is 0. The van der Waals surface area contributed by atoms with Crippen molar-refractivity contribution in [1.29, 1.82) is 0 Å². The monoisotopic (exact) mass is 476 g/mol. The van der Waals surface area contributed by atoms with Gasteiger partial charge in [-0.25, -0.2) is 9.78 Å². The van der Waals surface area contributed by atoms with E-state index < -0.39 is 12.1 Å². The Kier molecular flexibility index (Phi) is 5.86. The van der Waals surface area contributed by atoms with Crippen molar-refractivity contribution >= 4 is 50.3 Å². The van der Waals surface area contributed by atoms with Gasteiger partial charge in [-0.05, 0) is 42.5 Å². The summed E-state index contributed by atoms with van der Waals surface area (Å²) in [6.45, 7) is 1.18. The summed E-state index contributed by atoms with van der Waals surface area (Å²) in [5, 5.41) is 13.5. The highest BCUT2D eigenvalue weighted by Gasteiger charge is 2.31. The fourth-order valence-corrected chi connectivity index (χ4v) is 4.87. The summed E-state index contributed by atoms with van der Waals surface area (Å²) in [5.41, 5.74) is 1.93. The molecule has 1 aliphatic rings. The smallest absolute Gasteiger partial charge is 0.405 e. The summed E-state index contributed by atoms with van der Waals surface area (Å²) in [4.78, 5) is 35.0. The quantitative estimate of drug-likeness (QED) is 0.518. The van der Waals surface area contributed by atoms with Crippen LogP contribution in [0.1, 0.15) is 29.5 Å². The van der Waals surface area contributed by atoms with Crippen LogP contribution >= 0.6 is 27.3 Å². The Morgan fingerprint density at radius 3 is 2.83 bits per heavy atom. The fraction of sp³-hybridized carbons (Fsp3) is 0.350. The first-order valence-corrected chi connectivity index (χ1v) is 11.1. The minimum atomic E-state index is -1.18. The molecule has 7 nitrogen and oxygen atoms in total. The van der Waals surface area contributed by atoms with Crippen LogP contribution in [0, 0.1) is 0 Å². The normalized spacial score (nSPS) is 16.1. The first kappa shape index (κ1) is 19.9. The van der Waals surface area contributed by atoms with Gasteiger partial charge in [-0.2, -0.15) is 0 Å². The Morgan fingerprint density at radius 2 is 2.14 bits per heavy atom. The maximum Gasteiger partial charge on any atom is 0.405 e. The van der Waals surface area contributed by atoms with Crippen LogP contribution in [-0.2, 0) is 11.2 Å². The molecule has 2 aromatic heterocycles. The van der Waals surface area contributed by atoms with Gasteiger partial charge in [-0.3, -0.25) is 4.79 Å². The zero-order valence-corrected chi connectivity index (χ0v) is 18.0. The summed E-state index contributed by atoms with van der Waals surface area (Å²) >= 11 is 4.99. The van der Waals surface area contributed by atoms with E-state index in [2.05, 4.69) is 26.2 Å². The lowest BCUT2D eigenvalue weighted by Gasteiger charge is -2.33. The van der Waals surface area contributed by atoms with Crippen LogP contribution in [0.2, 0.25) is 0 Å². The molecule has 0 aliphatic carbocycles. The van der Waals surface area contributed by atoms with Crippen molar-refractivity contribution in [2.75, 3.05) is 13.1 Å². The second-order valence-corrected chi connectivity index (χ2v) is 9.12. The van der Waals surface area contributed by atoms with Gasteiger partial charge in [-0.1, -0.05) is 22.0 Å². The van der Waals surface area contributed by atoms with E-state index >= 15 is 0 Å². The minimum Gasteiger partial charge on any atom is -0.465 e. The van der Waals surface area contributed by atoms with E-state index in [1.165, 1.54) is 11.3 Å². The van der Waals surface area contributed by atoms with E-state index in [9.17, 15) is 9.59 Å². The first-order chi connectivity index (χ1) is 14.0. The lowest BCUT2D eigenvalue weighted by molar-refractivity contribution is -0.134. The number of amides is 2.